The van der Waals surface area contributed by atoms with Gasteiger partial charge in [-0.15, -0.1) is 0 Å². The van der Waals surface area contributed by atoms with Crippen LogP contribution in [0.3, 0.4) is 0 Å². The molecule has 2 N–H and O–H groups in total. The highest BCUT2D eigenvalue weighted by molar-refractivity contribution is 6.33. The van der Waals surface area contributed by atoms with E-state index in [9.17, 15) is 24.0 Å². The van der Waals surface area contributed by atoms with Crippen molar-refractivity contribution in [3.8, 4) is 0 Å². The number of amides is 5. The van der Waals surface area contributed by atoms with Gasteiger partial charge in [-0.3, -0.25) is 39.1 Å². The number of anilines is 2. The van der Waals surface area contributed by atoms with Crippen LogP contribution >= 0.6 is 11.6 Å². The van der Waals surface area contributed by atoms with Crippen molar-refractivity contribution < 1.29 is 24.0 Å². The fourth-order valence-electron chi connectivity index (χ4n) is 10.1. The van der Waals surface area contributed by atoms with E-state index in [1.807, 2.05) is 36.4 Å². The SMILES string of the molecule is [C-]#[N+]c1ccc(N2CC[C@H]3C[C@H](NC(=O)c4ccc(N5CCC(CN6Cc7cc8c(cc7C6)C(=O)N(C6CCC(=O)NC6=O)C8=O)CC5)cc4)CC[C@H]32)cc1Cl. The molecule has 5 heterocycles. The van der Waals surface area contributed by atoms with Crippen LogP contribution in [0.25, 0.3) is 4.85 Å². The van der Waals surface area contributed by atoms with Crippen LogP contribution in [0.5, 0.6) is 0 Å². The van der Waals surface area contributed by atoms with Gasteiger partial charge in [0.05, 0.1) is 17.7 Å². The molecule has 12 nitrogen and oxygen atoms in total. The van der Waals surface area contributed by atoms with E-state index in [4.69, 9.17) is 18.2 Å². The molecular formula is C43H44ClN7O5. The fraction of sp³-hybridized carbons (Fsp3) is 0.442. The van der Waals surface area contributed by atoms with Crippen LogP contribution in [0, 0.1) is 18.4 Å². The van der Waals surface area contributed by atoms with Gasteiger partial charge in [-0.25, -0.2) is 4.85 Å². The average Bonchev–Trinajstić information content (AvgIpc) is 3.87. The maximum Gasteiger partial charge on any atom is 0.262 e. The Morgan fingerprint density at radius 3 is 2.20 bits per heavy atom. The molecular weight excluding hydrogens is 730 g/mol. The van der Waals surface area contributed by atoms with Gasteiger partial charge in [0.15, 0.2) is 0 Å². The molecule has 6 aliphatic rings. The summed E-state index contributed by atoms with van der Waals surface area (Å²) in [6, 6.07) is 17.0. The van der Waals surface area contributed by atoms with Crippen LogP contribution < -0.4 is 20.4 Å². The molecule has 1 saturated carbocycles. The summed E-state index contributed by atoms with van der Waals surface area (Å²) >= 11 is 6.34. The fourth-order valence-corrected chi connectivity index (χ4v) is 10.3. The lowest BCUT2D eigenvalue weighted by atomic mass is 9.82. The highest BCUT2D eigenvalue weighted by Gasteiger charge is 2.45. The van der Waals surface area contributed by atoms with Crippen molar-refractivity contribution in [3.05, 3.63) is 98.9 Å². The van der Waals surface area contributed by atoms with E-state index in [1.165, 1.54) is 0 Å². The molecule has 4 fully saturated rings. The van der Waals surface area contributed by atoms with Crippen LogP contribution in [-0.2, 0) is 22.7 Å². The zero-order chi connectivity index (χ0) is 38.7. The standard InChI is InChI=1S/C43H44ClN7O5/c1-45-36-8-7-32(21-35(36)44)50-17-14-27-18-30(4-9-37(27)50)46-40(53)26-2-5-31(6-3-26)49-15-12-25(13-16-49)22-48-23-28-19-33-34(20-29(28)24-48)43(56)51(42(33)55)38-10-11-39(52)47-41(38)54/h2-3,5-8,19-21,25,27,30,37-38H,4,9-18,22-24H2,(H,46,53)(H,47,52,54)/t27-,30+,37+,38?/m0/s1. The van der Waals surface area contributed by atoms with Crippen molar-refractivity contribution in [1.82, 2.24) is 20.4 Å². The molecule has 9 rings (SSSR count). The number of carbonyl (C=O) groups is 5. The Balaban J connectivity index is 0.737. The molecule has 4 atom stereocenters. The summed E-state index contributed by atoms with van der Waals surface area (Å²) in [6.45, 7) is 12.5. The molecule has 0 spiro atoms. The number of nitrogens with one attached hydrogen (secondary N) is 2. The number of nitrogens with zero attached hydrogens (tertiary/aromatic N) is 5. The summed E-state index contributed by atoms with van der Waals surface area (Å²) in [4.78, 5) is 75.7. The van der Waals surface area contributed by atoms with Gasteiger partial charge in [0.25, 0.3) is 17.7 Å². The number of rotatable bonds is 7. The molecule has 5 aliphatic heterocycles. The number of halogens is 1. The molecule has 56 heavy (non-hydrogen) atoms. The largest absolute Gasteiger partial charge is 0.372 e. The molecule has 13 heteroatoms. The van der Waals surface area contributed by atoms with Crippen molar-refractivity contribution >= 4 is 58.2 Å². The lowest BCUT2D eigenvalue weighted by Crippen LogP contribution is -2.54. The number of hydrogen-bond donors (Lipinski definition) is 2. The van der Waals surface area contributed by atoms with Crippen LogP contribution in [0.15, 0.2) is 54.6 Å². The third kappa shape index (κ3) is 6.71. The summed E-state index contributed by atoms with van der Waals surface area (Å²) < 4.78 is 0. The number of benzene rings is 3. The predicted octanol–water partition coefficient (Wildman–Crippen LogP) is 5.70. The number of piperidine rings is 2. The third-order valence-corrected chi connectivity index (χ3v) is 13.3. The van der Waals surface area contributed by atoms with Gasteiger partial charge in [-0.2, -0.15) is 0 Å². The normalized spacial score (nSPS) is 25.2. The molecule has 3 aromatic carbocycles. The summed E-state index contributed by atoms with van der Waals surface area (Å²) in [5.74, 6) is -0.897. The maximum absolute atomic E-state index is 13.3. The van der Waals surface area contributed by atoms with E-state index in [0.29, 0.717) is 58.4 Å². The maximum atomic E-state index is 13.3. The van der Waals surface area contributed by atoms with Crippen molar-refractivity contribution in [1.29, 1.82) is 0 Å². The smallest absolute Gasteiger partial charge is 0.262 e. The van der Waals surface area contributed by atoms with Crippen molar-refractivity contribution in [2.45, 2.75) is 82.6 Å². The predicted molar refractivity (Wildman–Crippen MR) is 211 cm³/mol. The van der Waals surface area contributed by atoms with E-state index < -0.39 is 23.8 Å². The number of fused-ring (bicyclic) bond motifs is 3. The first-order valence-corrected chi connectivity index (χ1v) is 20.2. The Bertz CT molecular complexity index is 2130. The van der Waals surface area contributed by atoms with Gasteiger partial charge < -0.3 is 15.1 Å². The summed E-state index contributed by atoms with van der Waals surface area (Å²) in [5.41, 5.74) is 6.13. The monoisotopic (exact) mass is 773 g/mol. The Morgan fingerprint density at radius 1 is 0.839 bits per heavy atom. The van der Waals surface area contributed by atoms with Crippen molar-refractivity contribution in [3.63, 3.8) is 0 Å². The zero-order valence-electron chi connectivity index (χ0n) is 31.1. The Labute approximate surface area is 330 Å². The lowest BCUT2D eigenvalue weighted by Gasteiger charge is -2.37. The zero-order valence-corrected chi connectivity index (χ0v) is 31.9. The Hall–Kier alpha value is -5.25. The van der Waals surface area contributed by atoms with Crippen LogP contribution in [0.1, 0.15) is 93.6 Å². The molecule has 0 bridgehead atoms. The van der Waals surface area contributed by atoms with Gasteiger partial charge in [0, 0.05) is 79.7 Å². The number of carbonyl (C=O) groups excluding carboxylic acids is 5. The second-order valence-electron chi connectivity index (χ2n) is 16.3. The van der Waals surface area contributed by atoms with E-state index in [0.717, 1.165) is 92.1 Å². The van der Waals surface area contributed by atoms with Gasteiger partial charge in [0.1, 0.15) is 6.04 Å². The highest BCUT2D eigenvalue weighted by Crippen LogP contribution is 2.41. The van der Waals surface area contributed by atoms with Gasteiger partial charge in [0.2, 0.25) is 17.5 Å². The molecule has 5 amide bonds. The molecule has 3 aromatic rings. The molecule has 288 valence electrons. The van der Waals surface area contributed by atoms with E-state index in [-0.39, 0.29) is 30.7 Å². The van der Waals surface area contributed by atoms with E-state index in [1.54, 1.807) is 6.07 Å². The first kappa shape index (κ1) is 36.4. The second-order valence-corrected chi connectivity index (χ2v) is 16.7. The van der Waals surface area contributed by atoms with Crippen LogP contribution in [0.4, 0.5) is 17.1 Å². The summed E-state index contributed by atoms with van der Waals surface area (Å²) in [7, 11) is 0. The molecule has 1 unspecified atom stereocenters. The second kappa shape index (κ2) is 14.7. The molecule has 1 aliphatic carbocycles. The minimum absolute atomic E-state index is 0.0210. The molecule has 0 radical (unpaired) electrons. The topological polar surface area (TPSA) is 127 Å². The van der Waals surface area contributed by atoms with Gasteiger partial charge in [-0.1, -0.05) is 17.7 Å². The minimum Gasteiger partial charge on any atom is -0.372 e. The minimum atomic E-state index is -0.959. The number of hydrogen-bond acceptors (Lipinski definition) is 8. The van der Waals surface area contributed by atoms with Crippen LogP contribution in [0.2, 0.25) is 5.02 Å². The van der Waals surface area contributed by atoms with E-state index >= 15 is 0 Å². The van der Waals surface area contributed by atoms with Gasteiger partial charge in [-0.05, 0) is 116 Å². The van der Waals surface area contributed by atoms with Crippen molar-refractivity contribution in [2.24, 2.45) is 11.8 Å². The Morgan fingerprint density at radius 2 is 1.54 bits per heavy atom. The number of imide groups is 2. The first-order valence-electron chi connectivity index (χ1n) is 19.8. The molecule has 0 aromatic heterocycles. The third-order valence-electron chi connectivity index (χ3n) is 13.0. The summed E-state index contributed by atoms with van der Waals surface area (Å²) in [6.07, 6.45) is 6.32. The highest BCUT2D eigenvalue weighted by atomic mass is 35.5. The summed E-state index contributed by atoms with van der Waals surface area (Å²) in [5, 5.41) is 6.07. The molecule has 3 saturated heterocycles. The Kier molecular flexibility index (Phi) is 9.54. The van der Waals surface area contributed by atoms with Gasteiger partial charge >= 0.3 is 0 Å². The average molecular weight is 774 g/mol. The quantitative estimate of drug-likeness (QED) is 0.232. The van der Waals surface area contributed by atoms with Crippen LogP contribution in [-0.4, -0.2) is 83.6 Å². The van der Waals surface area contributed by atoms with Crippen molar-refractivity contribution in [2.75, 3.05) is 36.0 Å². The first-order chi connectivity index (χ1) is 27.1. The lowest BCUT2D eigenvalue weighted by molar-refractivity contribution is -0.136. The van der Waals surface area contributed by atoms with E-state index in [2.05, 4.69) is 42.3 Å².